The van der Waals surface area contributed by atoms with Crippen molar-refractivity contribution >= 4 is 21.1 Å². The van der Waals surface area contributed by atoms with Crippen LogP contribution in [0.2, 0.25) is 0 Å². The molecule has 0 saturated carbocycles. The van der Waals surface area contributed by atoms with Crippen LogP contribution >= 0.6 is 0 Å². The zero-order chi connectivity index (χ0) is 23.8. The van der Waals surface area contributed by atoms with Crippen molar-refractivity contribution in [3.63, 3.8) is 0 Å². The van der Waals surface area contributed by atoms with Crippen molar-refractivity contribution in [3.8, 4) is 0 Å². The molecule has 0 bridgehead atoms. The molecule has 1 aromatic carbocycles. The minimum Gasteiger partial charge on any atom is -0.424 e. The summed E-state index contributed by atoms with van der Waals surface area (Å²) in [5.41, 5.74) is 3.56. The molecule has 0 radical (unpaired) electrons. The average molecular weight is 469 g/mol. The largest absolute Gasteiger partial charge is 0.424 e. The van der Waals surface area contributed by atoms with E-state index >= 15 is 0 Å². The summed E-state index contributed by atoms with van der Waals surface area (Å²) in [4.78, 5) is 12.4. The maximum Gasteiger partial charge on any atom is 0.243 e. The van der Waals surface area contributed by atoms with Crippen molar-refractivity contribution < 1.29 is 12.8 Å². The van der Waals surface area contributed by atoms with Gasteiger partial charge in [0.05, 0.1) is 16.1 Å². The number of nitrogens with zero attached hydrogens (tertiary/aromatic N) is 5. The second-order valence-electron chi connectivity index (χ2n) is 8.62. The zero-order valence-electron chi connectivity index (χ0n) is 19.4. The summed E-state index contributed by atoms with van der Waals surface area (Å²) < 4.78 is 33.7. The molecule has 0 aliphatic rings. The van der Waals surface area contributed by atoms with Gasteiger partial charge in [-0.05, 0) is 43.0 Å². The highest BCUT2D eigenvalue weighted by Crippen LogP contribution is 2.31. The van der Waals surface area contributed by atoms with E-state index in [9.17, 15) is 8.42 Å². The van der Waals surface area contributed by atoms with Crippen molar-refractivity contribution in [2.45, 2.75) is 51.5 Å². The first-order valence-electron chi connectivity index (χ1n) is 10.8. The molecular formula is C23H28N6O3S. The molecule has 3 heterocycles. The Hall–Kier alpha value is -3.11. The van der Waals surface area contributed by atoms with Crippen LogP contribution in [0.25, 0.3) is 11.0 Å². The minimum atomic E-state index is -3.77. The number of nitrogens with one attached hydrogen (secondary N) is 1. The number of hydrogen-bond donors (Lipinski definition) is 1. The van der Waals surface area contributed by atoms with Gasteiger partial charge in [-0.1, -0.05) is 26.0 Å². The van der Waals surface area contributed by atoms with E-state index in [-0.39, 0.29) is 10.8 Å². The lowest BCUT2D eigenvalue weighted by Gasteiger charge is -2.26. The monoisotopic (exact) mass is 468 g/mol. The molecule has 3 aromatic heterocycles. The third-order valence-corrected chi connectivity index (χ3v) is 7.41. The van der Waals surface area contributed by atoms with Crippen LogP contribution in [-0.4, -0.2) is 44.9 Å². The number of aromatic amines is 1. The second-order valence-corrected chi connectivity index (χ2v) is 10.6. The molecule has 0 amide bonds. The van der Waals surface area contributed by atoms with Gasteiger partial charge < -0.3 is 9.40 Å². The first-order chi connectivity index (χ1) is 15.6. The third-order valence-electron chi connectivity index (χ3n) is 5.53. The molecule has 0 fully saturated rings. The predicted molar refractivity (Wildman–Crippen MR) is 124 cm³/mol. The number of hydrogen-bond acceptors (Lipinski definition) is 7. The van der Waals surface area contributed by atoms with E-state index in [0.29, 0.717) is 24.6 Å². The predicted octanol–water partition coefficient (Wildman–Crippen LogP) is 3.96. The highest BCUT2D eigenvalue weighted by molar-refractivity contribution is 7.89. The third kappa shape index (κ3) is 4.81. The van der Waals surface area contributed by atoms with Gasteiger partial charge in [0.1, 0.15) is 17.4 Å². The minimum absolute atomic E-state index is 0.209. The summed E-state index contributed by atoms with van der Waals surface area (Å²) in [5.74, 6) is 1.78. The Labute approximate surface area is 193 Å². The van der Waals surface area contributed by atoms with Gasteiger partial charge in [-0.3, -0.25) is 4.98 Å². The average Bonchev–Trinajstić information content (AvgIpc) is 3.37. The van der Waals surface area contributed by atoms with Crippen LogP contribution in [0.15, 0.2) is 45.8 Å². The summed E-state index contributed by atoms with van der Waals surface area (Å²) in [6, 6.07) is 8.23. The van der Waals surface area contributed by atoms with Crippen LogP contribution in [0.4, 0.5) is 0 Å². The van der Waals surface area contributed by atoms with E-state index in [0.717, 1.165) is 28.1 Å². The molecule has 174 valence electrons. The number of H-pyrrole nitrogens is 1. The number of pyridine rings is 1. The highest BCUT2D eigenvalue weighted by Gasteiger charge is 2.33. The molecule has 4 aromatic rings. The molecule has 0 aliphatic heterocycles. The quantitative estimate of drug-likeness (QED) is 0.416. The first-order valence-corrected chi connectivity index (χ1v) is 12.3. The van der Waals surface area contributed by atoms with E-state index in [1.807, 2.05) is 39.0 Å². The number of imidazole rings is 1. The van der Waals surface area contributed by atoms with Crippen LogP contribution in [0.3, 0.4) is 0 Å². The summed E-state index contributed by atoms with van der Waals surface area (Å²) in [5, 5.41) is 7.95. The van der Waals surface area contributed by atoms with Crippen molar-refractivity contribution in [1.82, 2.24) is 29.5 Å². The Morgan fingerprint density at radius 3 is 2.45 bits per heavy atom. The fraction of sp³-hybridized carbons (Fsp3) is 0.391. The molecule has 10 heteroatoms. The number of sulfonamides is 1. The first kappa shape index (κ1) is 23.1. The Morgan fingerprint density at radius 2 is 1.82 bits per heavy atom. The van der Waals surface area contributed by atoms with Crippen LogP contribution in [0, 0.1) is 19.8 Å². The lowest BCUT2D eigenvalue weighted by Crippen LogP contribution is -2.32. The Balaban J connectivity index is 1.58. The van der Waals surface area contributed by atoms with Crippen molar-refractivity contribution in [2.75, 3.05) is 7.05 Å². The topological polar surface area (TPSA) is 118 Å². The maximum atomic E-state index is 13.4. The van der Waals surface area contributed by atoms with E-state index in [4.69, 9.17) is 4.42 Å². The Kier molecular flexibility index (Phi) is 6.31. The molecule has 1 unspecified atom stereocenters. The fourth-order valence-electron chi connectivity index (χ4n) is 3.85. The van der Waals surface area contributed by atoms with Crippen molar-refractivity contribution in [3.05, 3.63) is 65.4 Å². The van der Waals surface area contributed by atoms with E-state index in [1.165, 1.54) is 4.31 Å². The van der Waals surface area contributed by atoms with Gasteiger partial charge in [-0.15, -0.1) is 10.2 Å². The summed E-state index contributed by atoms with van der Waals surface area (Å²) in [6.45, 7) is 7.65. The van der Waals surface area contributed by atoms with Gasteiger partial charge in [0.15, 0.2) is 0 Å². The molecule has 4 rings (SSSR count). The maximum absolute atomic E-state index is 13.4. The SMILES string of the molecule is Cc1nc2c(Cc3ccc(S(=O)(=O)N(C)C(CC(C)C)c4nnc(C)o4)cc3)nccc2[nH]1. The normalized spacial score (nSPS) is 13.3. The van der Waals surface area contributed by atoms with Gasteiger partial charge in [-0.25, -0.2) is 13.4 Å². The van der Waals surface area contributed by atoms with Crippen molar-refractivity contribution in [2.24, 2.45) is 5.92 Å². The molecule has 33 heavy (non-hydrogen) atoms. The second kappa shape index (κ2) is 9.03. The molecule has 0 spiro atoms. The number of rotatable bonds is 8. The summed E-state index contributed by atoms with van der Waals surface area (Å²) in [6.07, 6.45) is 2.86. The number of aromatic nitrogens is 5. The number of fused-ring (bicyclic) bond motifs is 1. The Bertz CT molecular complexity index is 1360. The summed E-state index contributed by atoms with van der Waals surface area (Å²) in [7, 11) is -2.22. The molecule has 0 aliphatic carbocycles. The van der Waals surface area contributed by atoms with Crippen LogP contribution < -0.4 is 0 Å². The van der Waals surface area contributed by atoms with E-state index in [2.05, 4.69) is 25.1 Å². The number of aryl methyl sites for hydroxylation is 2. The van der Waals surface area contributed by atoms with Crippen LogP contribution in [-0.2, 0) is 16.4 Å². The molecule has 0 saturated heterocycles. The zero-order valence-corrected chi connectivity index (χ0v) is 20.2. The molecule has 1 N–H and O–H groups in total. The fourth-order valence-corrected chi connectivity index (χ4v) is 5.17. The van der Waals surface area contributed by atoms with Gasteiger partial charge >= 0.3 is 0 Å². The lowest BCUT2D eigenvalue weighted by molar-refractivity contribution is 0.268. The smallest absolute Gasteiger partial charge is 0.243 e. The summed E-state index contributed by atoms with van der Waals surface area (Å²) >= 11 is 0. The van der Waals surface area contributed by atoms with Crippen LogP contribution in [0.1, 0.15) is 55.2 Å². The van der Waals surface area contributed by atoms with Gasteiger partial charge in [0.2, 0.25) is 21.8 Å². The van der Waals surface area contributed by atoms with Gasteiger partial charge in [0, 0.05) is 26.6 Å². The van der Waals surface area contributed by atoms with Gasteiger partial charge in [0.25, 0.3) is 0 Å². The van der Waals surface area contributed by atoms with Crippen LogP contribution in [0.5, 0.6) is 0 Å². The molecule has 9 nitrogen and oxygen atoms in total. The van der Waals surface area contributed by atoms with E-state index in [1.54, 1.807) is 32.3 Å². The Morgan fingerprint density at radius 1 is 1.09 bits per heavy atom. The van der Waals surface area contributed by atoms with E-state index < -0.39 is 16.1 Å². The van der Waals surface area contributed by atoms with Gasteiger partial charge in [-0.2, -0.15) is 4.31 Å². The van der Waals surface area contributed by atoms with Crippen molar-refractivity contribution in [1.29, 1.82) is 0 Å². The standard InChI is InChI=1S/C23H28N6O3S/c1-14(2)12-21(23-28-27-16(4)32-23)29(5)33(30,31)18-8-6-17(7-9-18)13-20-22-19(10-11-24-20)25-15(3)26-22/h6-11,14,21H,12-13H2,1-5H3,(H,25,26). The molecular weight excluding hydrogens is 440 g/mol. The number of benzene rings is 1. The molecule has 1 atom stereocenters. The highest BCUT2D eigenvalue weighted by atomic mass is 32.2. The lowest BCUT2D eigenvalue weighted by atomic mass is 10.0.